The second-order valence-electron chi connectivity index (χ2n) is 12.2. The SMILES string of the molecule is CCCCCCCCOc1ccccc1C1C2c3ccccc3C(c3ccccc32)C1C(=O)Oc1c(F)c(F)c(S(=O)(=O)[O-])c(F)c1F. The Labute approximate surface area is 276 Å². The van der Waals surface area contributed by atoms with Gasteiger partial charge in [0.2, 0.25) is 17.4 Å². The zero-order valence-corrected chi connectivity index (χ0v) is 26.9. The third kappa shape index (κ3) is 5.98. The van der Waals surface area contributed by atoms with Crippen molar-refractivity contribution in [3.63, 3.8) is 0 Å². The van der Waals surface area contributed by atoms with E-state index in [-0.39, 0.29) is 0 Å². The van der Waals surface area contributed by atoms with Crippen LogP contribution in [0.4, 0.5) is 17.6 Å². The molecule has 11 heteroatoms. The average molecular weight is 682 g/mol. The van der Waals surface area contributed by atoms with Crippen LogP contribution in [-0.2, 0) is 14.9 Å². The van der Waals surface area contributed by atoms with Crippen molar-refractivity contribution >= 4 is 16.1 Å². The number of halogens is 4. The van der Waals surface area contributed by atoms with Gasteiger partial charge in [-0.25, -0.2) is 17.2 Å². The zero-order chi connectivity index (χ0) is 34.2. The molecular formula is C37H33F4O6S-. The Bertz CT molecular complexity index is 1890. The minimum Gasteiger partial charge on any atom is -0.744 e. The van der Waals surface area contributed by atoms with E-state index in [1.165, 1.54) is 6.42 Å². The lowest BCUT2D eigenvalue weighted by molar-refractivity contribution is -0.141. The second kappa shape index (κ2) is 13.7. The average Bonchev–Trinajstić information content (AvgIpc) is 3.08. The first-order valence-electron chi connectivity index (χ1n) is 16.0. The molecule has 0 saturated carbocycles. The molecule has 0 aromatic heterocycles. The number of ether oxygens (including phenoxy) is 2. The number of hydrogen-bond acceptors (Lipinski definition) is 6. The molecule has 7 rings (SSSR count). The van der Waals surface area contributed by atoms with E-state index in [0.29, 0.717) is 17.9 Å². The number of esters is 1. The van der Waals surface area contributed by atoms with Crippen LogP contribution in [0.1, 0.15) is 91.0 Å². The number of hydrogen-bond donors (Lipinski definition) is 0. The van der Waals surface area contributed by atoms with Crippen LogP contribution in [0, 0.1) is 29.2 Å². The molecule has 2 bridgehead atoms. The first-order valence-corrected chi connectivity index (χ1v) is 17.4. The fourth-order valence-corrected chi connectivity index (χ4v) is 7.97. The Kier molecular flexibility index (Phi) is 9.62. The van der Waals surface area contributed by atoms with Gasteiger partial charge in [0.05, 0.1) is 12.5 Å². The fraction of sp³-hybridized carbons (Fsp3) is 0.324. The van der Waals surface area contributed by atoms with E-state index >= 15 is 8.78 Å². The van der Waals surface area contributed by atoms with Crippen molar-refractivity contribution < 1.29 is 44.8 Å². The Balaban J connectivity index is 1.44. The second-order valence-corrected chi connectivity index (χ2v) is 13.5. The Morgan fingerprint density at radius 2 is 1.17 bits per heavy atom. The fourth-order valence-electron chi connectivity index (χ4n) is 7.35. The third-order valence-corrected chi connectivity index (χ3v) is 10.2. The lowest BCUT2D eigenvalue weighted by atomic mass is 9.53. The molecule has 0 spiro atoms. The lowest BCUT2D eigenvalue weighted by Gasteiger charge is -2.50. The molecule has 48 heavy (non-hydrogen) atoms. The molecule has 3 aliphatic carbocycles. The van der Waals surface area contributed by atoms with Crippen LogP contribution in [-0.4, -0.2) is 25.5 Å². The van der Waals surface area contributed by atoms with Gasteiger partial charge in [-0.05, 0) is 40.3 Å². The quantitative estimate of drug-likeness (QED) is 0.0372. The number of carbonyl (C=O) groups is 1. The highest BCUT2D eigenvalue weighted by atomic mass is 32.2. The van der Waals surface area contributed by atoms with Gasteiger partial charge in [0.25, 0.3) is 0 Å². The highest BCUT2D eigenvalue weighted by Crippen LogP contribution is 2.62. The van der Waals surface area contributed by atoms with E-state index in [0.717, 1.165) is 54.4 Å². The number of benzene rings is 4. The van der Waals surface area contributed by atoms with Crippen LogP contribution in [0.2, 0.25) is 0 Å². The molecule has 3 aliphatic rings. The molecule has 0 radical (unpaired) electrons. The number of unbranched alkanes of at least 4 members (excludes halogenated alkanes) is 5. The highest BCUT2D eigenvalue weighted by molar-refractivity contribution is 7.85. The Morgan fingerprint density at radius 1 is 0.688 bits per heavy atom. The van der Waals surface area contributed by atoms with E-state index in [4.69, 9.17) is 9.47 Å². The van der Waals surface area contributed by atoms with Gasteiger partial charge >= 0.3 is 5.97 Å². The molecule has 4 aromatic rings. The molecule has 2 atom stereocenters. The molecule has 0 aliphatic heterocycles. The van der Waals surface area contributed by atoms with E-state index in [2.05, 4.69) is 6.92 Å². The molecule has 0 N–H and O–H groups in total. The molecule has 252 valence electrons. The third-order valence-electron chi connectivity index (χ3n) is 9.38. The molecule has 0 heterocycles. The molecule has 6 nitrogen and oxygen atoms in total. The summed E-state index contributed by atoms with van der Waals surface area (Å²) in [5.74, 6) is -15.0. The maximum atomic E-state index is 15.1. The predicted molar refractivity (Wildman–Crippen MR) is 168 cm³/mol. The number of rotatable bonds is 12. The number of para-hydroxylation sites is 1. The molecule has 4 aromatic carbocycles. The summed E-state index contributed by atoms with van der Waals surface area (Å²) in [5.41, 5.74) is 4.11. The van der Waals surface area contributed by atoms with Crippen LogP contribution in [0.25, 0.3) is 0 Å². The summed E-state index contributed by atoms with van der Waals surface area (Å²) in [5, 5.41) is 0. The van der Waals surface area contributed by atoms with E-state index < -0.39 is 73.7 Å². The Morgan fingerprint density at radius 3 is 1.71 bits per heavy atom. The maximum Gasteiger partial charge on any atom is 0.316 e. The van der Waals surface area contributed by atoms with E-state index in [1.54, 1.807) is 18.2 Å². The van der Waals surface area contributed by atoms with Crippen molar-refractivity contribution in [3.8, 4) is 11.5 Å². The minimum atomic E-state index is -5.95. The van der Waals surface area contributed by atoms with Crippen molar-refractivity contribution in [2.75, 3.05) is 6.61 Å². The number of fused-ring (bicyclic) bond motifs is 1. The van der Waals surface area contributed by atoms with Crippen molar-refractivity contribution in [1.29, 1.82) is 0 Å². The predicted octanol–water partition coefficient (Wildman–Crippen LogP) is 8.48. The summed E-state index contributed by atoms with van der Waals surface area (Å²) in [7, 11) is -5.95. The van der Waals surface area contributed by atoms with Gasteiger partial charge in [-0.15, -0.1) is 0 Å². The summed E-state index contributed by atoms with van der Waals surface area (Å²) < 4.78 is 105. The van der Waals surface area contributed by atoms with Crippen molar-refractivity contribution in [2.45, 2.75) is 68.1 Å². The van der Waals surface area contributed by atoms with Gasteiger partial charge < -0.3 is 14.0 Å². The van der Waals surface area contributed by atoms with Gasteiger partial charge in [-0.1, -0.05) is 106 Å². The zero-order valence-electron chi connectivity index (χ0n) is 26.1. The van der Waals surface area contributed by atoms with Crippen LogP contribution >= 0.6 is 0 Å². The highest BCUT2D eigenvalue weighted by Gasteiger charge is 2.54. The minimum absolute atomic E-state index is 0.427. The van der Waals surface area contributed by atoms with Crippen LogP contribution in [0.3, 0.4) is 0 Å². The van der Waals surface area contributed by atoms with Gasteiger partial charge in [0.15, 0.2) is 11.6 Å². The van der Waals surface area contributed by atoms with Gasteiger partial charge in [-0.2, -0.15) is 8.78 Å². The summed E-state index contributed by atoms with van der Waals surface area (Å²) in [6, 6.07) is 22.2. The summed E-state index contributed by atoms with van der Waals surface area (Å²) in [6.07, 6.45) is 6.34. The molecular weight excluding hydrogens is 648 g/mol. The van der Waals surface area contributed by atoms with E-state index in [1.807, 2.05) is 54.6 Å². The van der Waals surface area contributed by atoms with Crippen LogP contribution in [0.15, 0.2) is 77.7 Å². The first-order chi connectivity index (χ1) is 23.1. The lowest BCUT2D eigenvalue weighted by Crippen LogP contribution is -2.44. The molecule has 2 unspecified atom stereocenters. The number of carbonyl (C=O) groups excluding carboxylic acids is 1. The van der Waals surface area contributed by atoms with Crippen molar-refractivity contribution in [2.24, 2.45) is 5.92 Å². The van der Waals surface area contributed by atoms with Crippen molar-refractivity contribution in [1.82, 2.24) is 0 Å². The molecule has 0 saturated heterocycles. The first kappa shape index (κ1) is 33.7. The normalized spacial score (nSPS) is 19.5. The summed E-state index contributed by atoms with van der Waals surface area (Å²) >= 11 is 0. The van der Waals surface area contributed by atoms with Crippen LogP contribution < -0.4 is 9.47 Å². The van der Waals surface area contributed by atoms with E-state index in [9.17, 15) is 26.5 Å². The monoisotopic (exact) mass is 681 g/mol. The van der Waals surface area contributed by atoms with Crippen LogP contribution in [0.5, 0.6) is 11.5 Å². The van der Waals surface area contributed by atoms with Gasteiger partial charge in [-0.3, -0.25) is 4.79 Å². The topological polar surface area (TPSA) is 92.7 Å². The van der Waals surface area contributed by atoms with Gasteiger partial charge in [0, 0.05) is 17.8 Å². The molecule has 0 amide bonds. The Hall–Kier alpha value is -4.22. The maximum absolute atomic E-state index is 15.1. The smallest absolute Gasteiger partial charge is 0.316 e. The summed E-state index contributed by atoms with van der Waals surface area (Å²) in [4.78, 5) is 11.9. The summed E-state index contributed by atoms with van der Waals surface area (Å²) in [6.45, 7) is 2.58. The van der Waals surface area contributed by atoms with Gasteiger partial charge in [0.1, 0.15) is 20.8 Å². The standard InChI is InChI=1S/C37H34F4O6S/c1-2-3-4-5-6-13-20-46-26-19-12-11-18-25(26)29-27-21-14-7-9-16-23(21)28(24-17-10-8-15-22(24)27)30(29)37(42)47-35-31(38)33(40)36(48(43,44)45)34(41)32(35)39/h7-12,14-19,27-30H,2-6,13,20H2,1H3,(H,43,44,45)/p-1. The molecule has 0 fully saturated rings. The van der Waals surface area contributed by atoms with Crippen molar-refractivity contribution in [3.05, 3.63) is 124 Å². The largest absolute Gasteiger partial charge is 0.744 e.